The highest BCUT2D eigenvalue weighted by molar-refractivity contribution is 5.20. The van der Waals surface area contributed by atoms with Crippen molar-refractivity contribution in [2.24, 2.45) is 5.41 Å². The highest BCUT2D eigenvalue weighted by Crippen LogP contribution is 2.31. The minimum absolute atomic E-state index is 0.142. The van der Waals surface area contributed by atoms with Gasteiger partial charge in [-0.3, -0.25) is 0 Å². The van der Waals surface area contributed by atoms with Gasteiger partial charge in [0.05, 0.1) is 6.10 Å². The molecule has 1 rings (SSSR count). The average molecular weight is 150 g/mol. The van der Waals surface area contributed by atoms with Gasteiger partial charge in [0, 0.05) is 5.41 Å². The van der Waals surface area contributed by atoms with E-state index in [0.717, 1.165) is 6.42 Å². The van der Waals surface area contributed by atoms with Gasteiger partial charge in [-0.2, -0.15) is 0 Å². The molecule has 0 aromatic carbocycles. The van der Waals surface area contributed by atoms with E-state index in [1.807, 2.05) is 37.3 Å². The van der Waals surface area contributed by atoms with Gasteiger partial charge in [0.1, 0.15) is 0 Å². The molecule has 2 atom stereocenters. The number of aliphatic hydroxyl groups is 1. The summed E-state index contributed by atoms with van der Waals surface area (Å²) in [6.45, 7) is 5.69. The predicted molar refractivity (Wildman–Crippen MR) is 47.2 cm³/mol. The number of hydrogen-bond donors (Lipinski definition) is 1. The Morgan fingerprint density at radius 1 is 1.64 bits per heavy atom. The lowest BCUT2D eigenvalue weighted by Gasteiger charge is -2.30. The molecular weight excluding hydrogens is 136 g/mol. The molecule has 0 spiro atoms. The largest absolute Gasteiger partial charge is 0.388 e. The highest BCUT2D eigenvalue weighted by Gasteiger charge is 2.28. The first-order chi connectivity index (χ1) is 5.19. The van der Waals surface area contributed by atoms with Crippen LogP contribution in [0, 0.1) is 5.41 Å². The molecule has 11 heavy (non-hydrogen) atoms. The molecule has 1 N–H and O–H groups in total. The normalized spacial score (nSPS) is 35.6. The second kappa shape index (κ2) is 3.05. The van der Waals surface area contributed by atoms with Gasteiger partial charge >= 0.3 is 0 Å². The van der Waals surface area contributed by atoms with Crippen LogP contribution in [-0.2, 0) is 0 Å². The fourth-order valence-corrected chi connectivity index (χ4v) is 1.26. The second-order valence-electron chi connectivity index (χ2n) is 3.19. The smallest absolute Gasteiger partial charge is 0.0815 e. The van der Waals surface area contributed by atoms with E-state index in [-0.39, 0.29) is 11.5 Å². The molecule has 0 bridgehead atoms. The molecule has 0 heterocycles. The molecule has 0 saturated heterocycles. The monoisotopic (exact) mass is 150 g/mol. The van der Waals surface area contributed by atoms with Crippen LogP contribution in [0.25, 0.3) is 0 Å². The molecule has 1 aliphatic rings. The van der Waals surface area contributed by atoms with E-state index in [4.69, 9.17) is 0 Å². The maximum Gasteiger partial charge on any atom is 0.0815 e. The summed E-state index contributed by atoms with van der Waals surface area (Å²) in [6, 6.07) is 0. The Hall–Kier alpha value is -0.820. The Bertz CT molecular complexity index is 203. The lowest BCUT2D eigenvalue weighted by molar-refractivity contribution is 0.113. The van der Waals surface area contributed by atoms with Crippen molar-refractivity contribution in [3.63, 3.8) is 0 Å². The summed E-state index contributed by atoms with van der Waals surface area (Å²) >= 11 is 0. The molecule has 0 radical (unpaired) electrons. The van der Waals surface area contributed by atoms with Crippen molar-refractivity contribution >= 4 is 0 Å². The van der Waals surface area contributed by atoms with Gasteiger partial charge in [-0.25, -0.2) is 0 Å². The van der Waals surface area contributed by atoms with Crippen LogP contribution in [-0.4, -0.2) is 11.2 Å². The maximum absolute atomic E-state index is 9.57. The molecule has 2 unspecified atom stereocenters. The third-order valence-corrected chi connectivity index (χ3v) is 2.14. The summed E-state index contributed by atoms with van der Waals surface area (Å²) < 4.78 is 0. The van der Waals surface area contributed by atoms with Gasteiger partial charge in [-0.1, -0.05) is 37.3 Å². The molecule has 1 heteroatoms. The Balaban J connectivity index is 2.76. The van der Waals surface area contributed by atoms with E-state index in [0.29, 0.717) is 0 Å². The molecule has 0 aromatic rings. The number of hydrogen-bond acceptors (Lipinski definition) is 1. The number of rotatable bonds is 2. The summed E-state index contributed by atoms with van der Waals surface area (Å²) in [5.41, 5.74) is -0.142. The van der Waals surface area contributed by atoms with Gasteiger partial charge in [-0.05, 0) is 6.42 Å². The van der Waals surface area contributed by atoms with Gasteiger partial charge in [-0.15, -0.1) is 6.58 Å². The van der Waals surface area contributed by atoms with E-state index in [1.165, 1.54) is 0 Å². The van der Waals surface area contributed by atoms with Crippen LogP contribution in [0.5, 0.6) is 0 Å². The van der Waals surface area contributed by atoms with Crippen molar-refractivity contribution < 1.29 is 5.11 Å². The van der Waals surface area contributed by atoms with Gasteiger partial charge in [0.15, 0.2) is 0 Å². The first kappa shape index (κ1) is 8.28. The van der Waals surface area contributed by atoms with Gasteiger partial charge in [0.25, 0.3) is 0 Å². The van der Waals surface area contributed by atoms with Crippen LogP contribution in [0.15, 0.2) is 37.0 Å². The lowest BCUT2D eigenvalue weighted by atomic mass is 9.78. The Morgan fingerprint density at radius 2 is 2.36 bits per heavy atom. The molecule has 0 fully saturated rings. The molecule has 1 nitrogen and oxygen atoms in total. The second-order valence-corrected chi connectivity index (χ2v) is 3.19. The maximum atomic E-state index is 9.57. The van der Waals surface area contributed by atoms with Crippen molar-refractivity contribution in [3.05, 3.63) is 37.0 Å². The number of allylic oxidation sites excluding steroid dienone is 3. The van der Waals surface area contributed by atoms with Gasteiger partial charge in [0.2, 0.25) is 0 Å². The summed E-state index contributed by atoms with van der Waals surface area (Å²) in [6.07, 6.45) is 9.96. The zero-order valence-corrected chi connectivity index (χ0v) is 6.83. The predicted octanol–water partition coefficient (Wildman–Crippen LogP) is 2.06. The van der Waals surface area contributed by atoms with E-state index in [1.54, 1.807) is 0 Å². The minimum Gasteiger partial charge on any atom is -0.388 e. The summed E-state index contributed by atoms with van der Waals surface area (Å²) in [5, 5.41) is 9.57. The van der Waals surface area contributed by atoms with Crippen LogP contribution in [0.2, 0.25) is 0 Å². The minimum atomic E-state index is -0.370. The summed E-state index contributed by atoms with van der Waals surface area (Å²) in [7, 11) is 0. The molecule has 1 aliphatic carbocycles. The van der Waals surface area contributed by atoms with Crippen LogP contribution in [0.1, 0.15) is 13.3 Å². The fraction of sp³-hybridized carbons (Fsp3) is 0.400. The van der Waals surface area contributed by atoms with Crippen molar-refractivity contribution in [2.75, 3.05) is 0 Å². The molecule has 60 valence electrons. The van der Waals surface area contributed by atoms with E-state index in [9.17, 15) is 5.11 Å². The van der Waals surface area contributed by atoms with E-state index < -0.39 is 0 Å². The Kier molecular flexibility index (Phi) is 2.30. The summed E-state index contributed by atoms with van der Waals surface area (Å²) in [5.74, 6) is 0. The fourth-order valence-electron chi connectivity index (χ4n) is 1.26. The molecule has 0 aliphatic heterocycles. The van der Waals surface area contributed by atoms with Gasteiger partial charge < -0.3 is 5.11 Å². The van der Waals surface area contributed by atoms with Crippen molar-refractivity contribution in [1.82, 2.24) is 0 Å². The molecule has 0 amide bonds. The SMILES string of the molecule is C=CCC1(C)C=CC=CC1O. The lowest BCUT2D eigenvalue weighted by Crippen LogP contribution is -2.29. The highest BCUT2D eigenvalue weighted by atomic mass is 16.3. The van der Waals surface area contributed by atoms with E-state index in [2.05, 4.69) is 6.58 Å². The van der Waals surface area contributed by atoms with E-state index >= 15 is 0 Å². The van der Waals surface area contributed by atoms with Crippen LogP contribution >= 0.6 is 0 Å². The third kappa shape index (κ3) is 1.60. The molecular formula is C10H14O. The first-order valence-electron chi connectivity index (χ1n) is 3.84. The Morgan fingerprint density at radius 3 is 2.91 bits per heavy atom. The zero-order chi connectivity index (χ0) is 8.32. The van der Waals surface area contributed by atoms with Crippen molar-refractivity contribution in [2.45, 2.75) is 19.4 Å². The van der Waals surface area contributed by atoms with Crippen LogP contribution in [0.3, 0.4) is 0 Å². The number of aliphatic hydroxyl groups excluding tert-OH is 1. The van der Waals surface area contributed by atoms with Crippen LogP contribution < -0.4 is 0 Å². The first-order valence-corrected chi connectivity index (χ1v) is 3.84. The van der Waals surface area contributed by atoms with Crippen LogP contribution in [0.4, 0.5) is 0 Å². The zero-order valence-electron chi connectivity index (χ0n) is 6.83. The molecule has 0 aromatic heterocycles. The third-order valence-electron chi connectivity index (χ3n) is 2.14. The standard InChI is InChI=1S/C10H14O/c1-3-7-10(2)8-5-4-6-9(10)11/h3-6,8-9,11H,1,7H2,2H3. The topological polar surface area (TPSA) is 20.2 Å². The average Bonchev–Trinajstić information content (AvgIpc) is 1.96. The van der Waals surface area contributed by atoms with Crippen molar-refractivity contribution in [3.8, 4) is 0 Å². The van der Waals surface area contributed by atoms with Crippen molar-refractivity contribution in [1.29, 1.82) is 0 Å². The quantitative estimate of drug-likeness (QED) is 0.597. The molecule has 0 saturated carbocycles. The Labute approximate surface area is 67.7 Å². The summed E-state index contributed by atoms with van der Waals surface area (Å²) in [4.78, 5) is 0.